The molecule has 1 aromatic carbocycles. The van der Waals surface area contributed by atoms with E-state index in [4.69, 9.17) is 15.7 Å². The van der Waals surface area contributed by atoms with Crippen molar-refractivity contribution in [2.75, 3.05) is 16.4 Å². The summed E-state index contributed by atoms with van der Waals surface area (Å²) in [5.41, 5.74) is 9.76. The molecule has 0 bridgehead atoms. The van der Waals surface area contributed by atoms with Crippen molar-refractivity contribution in [2.45, 2.75) is 84.0 Å². The van der Waals surface area contributed by atoms with Gasteiger partial charge in [0.05, 0.1) is 18.0 Å². The lowest BCUT2D eigenvalue weighted by molar-refractivity contribution is 0.0646. The number of rotatable bonds is 7. The van der Waals surface area contributed by atoms with Crippen LogP contribution in [0.2, 0.25) is 0 Å². The predicted molar refractivity (Wildman–Crippen MR) is 130 cm³/mol. The maximum atomic E-state index is 10.4. The van der Waals surface area contributed by atoms with Gasteiger partial charge in [0, 0.05) is 18.3 Å². The van der Waals surface area contributed by atoms with Gasteiger partial charge in [0.15, 0.2) is 17.0 Å². The van der Waals surface area contributed by atoms with E-state index in [0.29, 0.717) is 24.4 Å². The largest absolute Gasteiger partial charge is 0.398 e. The average Bonchev–Trinajstić information content (AvgIpc) is 3.18. The van der Waals surface area contributed by atoms with Crippen LogP contribution in [-0.4, -0.2) is 36.3 Å². The van der Waals surface area contributed by atoms with Gasteiger partial charge in [-0.1, -0.05) is 37.0 Å². The molecule has 4 rings (SSSR count). The predicted octanol–water partition coefficient (Wildman–Crippen LogP) is 4.41. The Hall–Kier alpha value is -2.87. The molecule has 1 aliphatic rings. The van der Waals surface area contributed by atoms with Crippen molar-refractivity contribution in [1.82, 2.24) is 19.5 Å². The smallest absolute Gasteiger partial charge is 0.227 e. The number of nitrogen functional groups attached to an aromatic ring is 1. The number of aromatic nitrogens is 4. The number of aryl methyl sites for hydroxylation is 1. The van der Waals surface area contributed by atoms with Crippen molar-refractivity contribution in [2.24, 2.45) is 0 Å². The van der Waals surface area contributed by atoms with Crippen LogP contribution in [0.15, 0.2) is 24.5 Å². The maximum absolute atomic E-state index is 10.4. The molecule has 0 aliphatic heterocycles. The first-order valence-electron chi connectivity index (χ1n) is 11.5. The second-order valence-electron chi connectivity index (χ2n) is 9.59. The van der Waals surface area contributed by atoms with Gasteiger partial charge in [0.25, 0.3) is 0 Å². The summed E-state index contributed by atoms with van der Waals surface area (Å²) in [7, 11) is 0. The third-order valence-electron chi connectivity index (χ3n) is 6.54. The third-order valence-corrected chi connectivity index (χ3v) is 6.54. The van der Waals surface area contributed by atoms with E-state index in [1.807, 2.05) is 25.4 Å². The van der Waals surface area contributed by atoms with E-state index in [1.54, 1.807) is 13.8 Å². The monoisotopic (exact) mass is 437 g/mol. The first kappa shape index (κ1) is 22.3. The highest BCUT2D eigenvalue weighted by Gasteiger charge is 2.25. The van der Waals surface area contributed by atoms with Gasteiger partial charge < -0.3 is 26.0 Å². The van der Waals surface area contributed by atoms with E-state index in [0.717, 1.165) is 40.8 Å². The molecule has 1 saturated carbocycles. The Labute approximate surface area is 189 Å². The summed E-state index contributed by atoms with van der Waals surface area (Å²) in [5, 5.41) is 17.1. The molecule has 5 N–H and O–H groups in total. The Morgan fingerprint density at radius 2 is 1.97 bits per heavy atom. The Balaban J connectivity index is 1.70. The lowest BCUT2D eigenvalue weighted by atomic mass is 9.95. The van der Waals surface area contributed by atoms with Crippen LogP contribution in [-0.2, 0) is 6.54 Å². The summed E-state index contributed by atoms with van der Waals surface area (Å²) in [6.45, 7) is 8.06. The molecule has 0 amide bonds. The molecule has 1 atom stereocenters. The Bertz CT molecular complexity index is 1080. The molecule has 1 unspecified atom stereocenters. The van der Waals surface area contributed by atoms with Crippen LogP contribution in [0.25, 0.3) is 11.2 Å². The zero-order valence-electron chi connectivity index (χ0n) is 19.5. The number of aliphatic hydroxyl groups is 1. The van der Waals surface area contributed by atoms with Gasteiger partial charge in [-0.3, -0.25) is 0 Å². The number of anilines is 3. The van der Waals surface area contributed by atoms with Crippen LogP contribution in [0, 0.1) is 6.92 Å². The standard InChI is InChI=1S/C24H35N7O/c1-15-10-11-19(25)17(12-15)13-26-21-20-22(30-23(29-21)28-16(2)24(3,4)32)31(14-27-20)18-8-6-5-7-9-18/h10-12,14,16,18,32H,5-9,13,25H2,1-4H3,(H2,26,28,29,30). The van der Waals surface area contributed by atoms with Crippen LogP contribution in [0.5, 0.6) is 0 Å². The molecule has 1 aliphatic carbocycles. The molecule has 0 radical (unpaired) electrons. The number of hydrogen-bond acceptors (Lipinski definition) is 7. The summed E-state index contributed by atoms with van der Waals surface area (Å²) in [6, 6.07) is 6.19. The van der Waals surface area contributed by atoms with Gasteiger partial charge in [0.1, 0.15) is 0 Å². The number of nitrogens with two attached hydrogens (primary N) is 1. The van der Waals surface area contributed by atoms with Crippen molar-refractivity contribution >= 4 is 28.6 Å². The van der Waals surface area contributed by atoms with Gasteiger partial charge in [-0.25, -0.2) is 4.98 Å². The molecule has 3 aromatic rings. The molecule has 172 valence electrons. The van der Waals surface area contributed by atoms with Crippen molar-refractivity contribution in [3.8, 4) is 0 Å². The van der Waals surface area contributed by atoms with Crippen molar-refractivity contribution < 1.29 is 5.11 Å². The molecule has 2 aromatic heterocycles. The van der Waals surface area contributed by atoms with Gasteiger partial charge in [-0.15, -0.1) is 0 Å². The fourth-order valence-electron chi connectivity index (χ4n) is 4.17. The second-order valence-corrected chi connectivity index (χ2v) is 9.59. The van der Waals surface area contributed by atoms with Crippen molar-refractivity contribution in [3.05, 3.63) is 35.7 Å². The highest BCUT2D eigenvalue weighted by molar-refractivity contribution is 5.84. The highest BCUT2D eigenvalue weighted by Crippen LogP contribution is 2.32. The quantitative estimate of drug-likeness (QED) is 0.405. The second kappa shape index (κ2) is 8.94. The number of imidazole rings is 1. The number of nitrogens with one attached hydrogen (secondary N) is 2. The third kappa shape index (κ3) is 4.80. The lowest BCUT2D eigenvalue weighted by Crippen LogP contribution is -2.39. The summed E-state index contributed by atoms with van der Waals surface area (Å²) in [6.07, 6.45) is 7.92. The normalized spacial score (nSPS) is 16.3. The first-order valence-corrected chi connectivity index (χ1v) is 11.5. The van der Waals surface area contributed by atoms with Crippen LogP contribution in [0.1, 0.15) is 70.0 Å². The Kier molecular flexibility index (Phi) is 6.24. The zero-order valence-corrected chi connectivity index (χ0v) is 19.5. The van der Waals surface area contributed by atoms with E-state index in [9.17, 15) is 5.11 Å². The van der Waals surface area contributed by atoms with E-state index in [1.165, 1.54) is 19.3 Å². The highest BCUT2D eigenvalue weighted by atomic mass is 16.3. The fourth-order valence-corrected chi connectivity index (χ4v) is 4.17. The molecular weight excluding hydrogens is 402 g/mol. The average molecular weight is 438 g/mol. The molecule has 2 heterocycles. The molecule has 32 heavy (non-hydrogen) atoms. The number of nitrogens with zero attached hydrogens (tertiary/aromatic N) is 4. The zero-order chi connectivity index (χ0) is 22.9. The van der Waals surface area contributed by atoms with E-state index in [2.05, 4.69) is 33.2 Å². The summed E-state index contributed by atoms with van der Waals surface area (Å²) < 4.78 is 2.20. The van der Waals surface area contributed by atoms with Crippen LogP contribution in [0.3, 0.4) is 0 Å². The van der Waals surface area contributed by atoms with Crippen LogP contribution < -0.4 is 16.4 Å². The van der Waals surface area contributed by atoms with E-state index in [-0.39, 0.29) is 6.04 Å². The number of benzene rings is 1. The van der Waals surface area contributed by atoms with Crippen molar-refractivity contribution in [1.29, 1.82) is 0 Å². The van der Waals surface area contributed by atoms with Crippen LogP contribution in [0.4, 0.5) is 17.5 Å². The maximum Gasteiger partial charge on any atom is 0.227 e. The Morgan fingerprint density at radius 1 is 1.22 bits per heavy atom. The minimum absolute atomic E-state index is 0.230. The molecule has 1 fully saturated rings. The van der Waals surface area contributed by atoms with Gasteiger partial charge >= 0.3 is 0 Å². The van der Waals surface area contributed by atoms with Gasteiger partial charge in [0.2, 0.25) is 5.95 Å². The molecule has 8 heteroatoms. The lowest BCUT2D eigenvalue weighted by Gasteiger charge is -2.27. The topological polar surface area (TPSA) is 114 Å². The number of fused-ring (bicyclic) bond motifs is 1. The summed E-state index contributed by atoms with van der Waals surface area (Å²) >= 11 is 0. The van der Waals surface area contributed by atoms with Crippen LogP contribution >= 0.6 is 0 Å². The number of hydrogen-bond donors (Lipinski definition) is 4. The summed E-state index contributed by atoms with van der Waals surface area (Å²) in [5.74, 6) is 1.14. The van der Waals surface area contributed by atoms with Gasteiger partial charge in [-0.05, 0) is 52.2 Å². The van der Waals surface area contributed by atoms with Crippen molar-refractivity contribution in [3.63, 3.8) is 0 Å². The molecule has 8 nitrogen and oxygen atoms in total. The molecule has 0 spiro atoms. The van der Waals surface area contributed by atoms with E-state index >= 15 is 0 Å². The fraction of sp³-hybridized carbons (Fsp3) is 0.542. The molecule has 0 saturated heterocycles. The first-order chi connectivity index (χ1) is 15.2. The van der Waals surface area contributed by atoms with E-state index < -0.39 is 5.60 Å². The minimum Gasteiger partial charge on any atom is -0.398 e. The van der Waals surface area contributed by atoms with Gasteiger partial charge in [-0.2, -0.15) is 9.97 Å². The summed E-state index contributed by atoms with van der Waals surface area (Å²) in [4.78, 5) is 14.2. The minimum atomic E-state index is -0.911. The Morgan fingerprint density at radius 3 is 2.69 bits per heavy atom. The SMILES string of the molecule is Cc1ccc(N)c(CNc2nc(NC(C)C(C)(C)O)nc3c2ncn3C2CCCCC2)c1. The molecular formula is C24H35N7O.